The van der Waals surface area contributed by atoms with Gasteiger partial charge in [0.05, 0.1) is 23.3 Å². The van der Waals surface area contributed by atoms with Crippen LogP contribution in [0.5, 0.6) is 0 Å². The lowest BCUT2D eigenvalue weighted by atomic mass is 10.1. The van der Waals surface area contributed by atoms with E-state index >= 15 is 0 Å². The minimum absolute atomic E-state index is 0.281. The molecular weight excluding hydrogens is 334 g/mol. The molecule has 6 nitrogen and oxygen atoms in total. The normalized spacial score (nSPS) is 10.6. The molecule has 4 aromatic rings. The summed E-state index contributed by atoms with van der Waals surface area (Å²) < 4.78 is 0. The number of hydrogen-bond acceptors (Lipinski definition) is 5. The Bertz CT molecular complexity index is 995. The number of nitrogens with zero attached hydrogens (tertiary/aromatic N) is 3. The summed E-state index contributed by atoms with van der Waals surface area (Å²) in [4.78, 5) is 21.1. The predicted molar refractivity (Wildman–Crippen MR) is 97.3 cm³/mol. The molecule has 0 fully saturated rings. The van der Waals surface area contributed by atoms with E-state index in [-0.39, 0.29) is 5.91 Å². The molecule has 1 aromatic carbocycles. The molecule has 4 rings (SSSR count). The van der Waals surface area contributed by atoms with Crippen LogP contribution in [0.2, 0.25) is 0 Å². The fourth-order valence-corrected chi connectivity index (χ4v) is 3.15. The largest absolute Gasteiger partial charge is 0.317 e. The summed E-state index contributed by atoms with van der Waals surface area (Å²) in [6.07, 6.45) is 3.29. The molecule has 25 heavy (non-hydrogen) atoms. The monoisotopic (exact) mass is 347 g/mol. The van der Waals surface area contributed by atoms with Crippen molar-refractivity contribution in [2.75, 3.05) is 5.32 Å². The molecule has 0 radical (unpaired) electrons. The smallest absolute Gasteiger partial charge is 0.275 e. The van der Waals surface area contributed by atoms with Crippen molar-refractivity contribution in [2.45, 2.75) is 0 Å². The number of aromatic amines is 1. The first-order chi connectivity index (χ1) is 12.3. The van der Waals surface area contributed by atoms with Gasteiger partial charge in [0.25, 0.3) is 5.91 Å². The third-order valence-corrected chi connectivity index (χ3v) is 4.44. The van der Waals surface area contributed by atoms with Gasteiger partial charge in [-0.25, -0.2) is 4.98 Å². The predicted octanol–water partition coefficient (Wildman–Crippen LogP) is 3.85. The quantitative estimate of drug-likeness (QED) is 0.587. The van der Waals surface area contributed by atoms with Gasteiger partial charge in [-0.05, 0) is 12.1 Å². The van der Waals surface area contributed by atoms with Gasteiger partial charge in [-0.1, -0.05) is 36.4 Å². The fraction of sp³-hybridized carbons (Fsp3) is 0. The van der Waals surface area contributed by atoms with E-state index in [0.29, 0.717) is 16.4 Å². The third-order valence-electron chi connectivity index (χ3n) is 3.57. The Labute approximate surface area is 147 Å². The zero-order valence-electron chi connectivity index (χ0n) is 13.0. The number of carbonyl (C=O) groups is 1. The molecule has 1 amide bonds. The second-order valence-corrected chi connectivity index (χ2v) is 6.09. The van der Waals surface area contributed by atoms with E-state index in [0.717, 1.165) is 17.0 Å². The molecule has 0 unspecified atom stereocenters. The lowest BCUT2D eigenvalue weighted by molar-refractivity contribution is 0.102. The SMILES string of the molecule is O=C(Nc1cn[nH]c1-c1ccccc1)c1csc(-c2ccccn2)n1. The van der Waals surface area contributed by atoms with Crippen LogP contribution in [0.15, 0.2) is 66.3 Å². The maximum absolute atomic E-state index is 12.5. The average Bonchev–Trinajstić information content (AvgIpc) is 3.33. The third kappa shape index (κ3) is 3.17. The molecular formula is C18H13N5OS. The molecule has 0 aliphatic rings. The van der Waals surface area contributed by atoms with Gasteiger partial charge in [0, 0.05) is 17.1 Å². The first kappa shape index (κ1) is 15.2. The van der Waals surface area contributed by atoms with Gasteiger partial charge >= 0.3 is 0 Å². The summed E-state index contributed by atoms with van der Waals surface area (Å²) >= 11 is 1.39. The second kappa shape index (κ2) is 6.66. The van der Waals surface area contributed by atoms with Gasteiger partial charge < -0.3 is 5.32 Å². The van der Waals surface area contributed by atoms with Crippen molar-refractivity contribution in [3.05, 3.63) is 72.0 Å². The van der Waals surface area contributed by atoms with Crippen LogP contribution in [-0.2, 0) is 0 Å². The van der Waals surface area contributed by atoms with Crippen molar-refractivity contribution in [2.24, 2.45) is 0 Å². The van der Waals surface area contributed by atoms with Crippen LogP contribution in [0.1, 0.15) is 10.5 Å². The molecule has 0 spiro atoms. The summed E-state index contributed by atoms with van der Waals surface area (Å²) in [5.41, 5.74) is 3.42. The van der Waals surface area contributed by atoms with Crippen molar-refractivity contribution < 1.29 is 4.79 Å². The summed E-state index contributed by atoms with van der Waals surface area (Å²) in [7, 11) is 0. The Kier molecular flexibility index (Phi) is 4.05. The fourth-order valence-electron chi connectivity index (χ4n) is 2.38. The lowest BCUT2D eigenvalue weighted by Crippen LogP contribution is -2.12. The van der Waals surface area contributed by atoms with Crippen LogP contribution < -0.4 is 5.32 Å². The minimum Gasteiger partial charge on any atom is -0.317 e. The van der Waals surface area contributed by atoms with E-state index in [2.05, 4.69) is 25.5 Å². The molecule has 3 aromatic heterocycles. The number of benzene rings is 1. The number of pyridine rings is 1. The molecule has 7 heteroatoms. The molecule has 0 aliphatic heterocycles. The van der Waals surface area contributed by atoms with Crippen LogP contribution in [-0.4, -0.2) is 26.1 Å². The topological polar surface area (TPSA) is 83.6 Å². The Hall–Kier alpha value is -3.32. The first-order valence-electron chi connectivity index (χ1n) is 7.58. The zero-order chi connectivity index (χ0) is 17.1. The van der Waals surface area contributed by atoms with E-state index in [1.54, 1.807) is 17.8 Å². The Morgan fingerprint density at radius 2 is 1.92 bits per heavy atom. The Balaban J connectivity index is 1.56. The van der Waals surface area contributed by atoms with Crippen molar-refractivity contribution in [1.82, 2.24) is 20.2 Å². The van der Waals surface area contributed by atoms with Gasteiger partial charge in [0.1, 0.15) is 10.7 Å². The van der Waals surface area contributed by atoms with Gasteiger partial charge in [-0.3, -0.25) is 14.9 Å². The second-order valence-electron chi connectivity index (χ2n) is 5.23. The first-order valence-corrected chi connectivity index (χ1v) is 8.46. The van der Waals surface area contributed by atoms with Crippen molar-refractivity contribution in [3.63, 3.8) is 0 Å². The lowest BCUT2D eigenvalue weighted by Gasteiger charge is -2.04. The standard InChI is InChI=1S/C18H13N5OS/c24-17(15-11-25-18(22-15)13-8-4-5-9-19-13)21-14-10-20-23-16(14)12-6-2-1-3-7-12/h1-11H,(H,20,23)(H,21,24). The number of H-pyrrole nitrogens is 1. The average molecular weight is 347 g/mol. The minimum atomic E-state index is -0.281. The Morgan fingerprint density at radius 3 is 2.72 bits per heavy atom. The van der Waals surface area contributed by atoms with Gasteiger partial charge in [0.2, 0.25) is 0 Å². The van der Waals surface area contributed by atoms with Gasteiger partial charge in [-0.15, -0.1) is 11.3 Å². The van der Waals surface area contributed by atoms with E-state index in [4.69, 9.17) is 0 Å². The molecule has 0 saturated carbocycles. The van der Waals surface area contributed by atoms with Crippen molar-refractivity contribution in [3.8, 4) is 22.0 Å². The van der Waals surface area contributed by atoms with Crippen LogP contribution >= 0.6 is 11.3 Å². The van der Waals surface area contributed by atoms with E-state index < -0.39 is 0 Å². The van der Waals surface area contributed by atoms with Crippen LogP contribution in [0.4, 0.5) is 5.69 Å². The number of carbonyl (C=O) groups excluding carboxylic acids is 1. The number of amides is 1. The summed E-state index contributed by atoms with van der Waals surface area (Å²) in [6, 6.07) is 15.3. The van der Waals surface area contributed by atoms with Crippen LogP contribution in [0, 0.1) is 0 Å². The summed E-state index contributed by atoms with van der Waals surface area (Å²) in [6.45, 7) is 0. The highest BCUT2D eigenvalue weighted by atomic mass is 32.1. The number of hydrogen-bond donors (Lipinski definition) is 2. The molecule has 122 valence electrons. The molecule has 2 N–H and O–H groups in total. The highest BCUT2D eigenvalue weighted by Gasteiger charge is 2.15. The molecule has 0 bridgehead atoms. The van der Waals surface area contributed by atoms with E-state index in [1.807, 2.05) is 48.5 Å². The highest BCUT2D eigenvalue weighted by Crippen LogP contribution is 2.26. The maximum atomic E-state index is 12.5. The number of anilines is 1. The number of nitrogens with one attached hydrogen (secondary N) is 2. The van der Waals surface area contributed by atoms with Crippen molar-refractivity contribution >= 4 is 22.9 Å². The molecule has 0 aliphatic carbocycles. The molecule has 0 atom stereocenters. The van der Waals surface area contributed by atoms with Gasteiger partial charge in [0.15, 0.2) is 0 Å². The number of thiazole rings is 1. The van der Waals surface area contributed by atoms with E-state index in [1.165, 1.54) is 11.3 Å². The molecule has 0 saturated heterocycles. The zero-order valence-corrected chi connectivity index (χ0v) is 13.8. The molecule has 3 heterocycles. The summed E-state index contributed by atoms with van der Waals surface area (Å²) in [5, 5.41) is 12.2. The Morgan fingerprint density at radius 1 is 1.08 bits per heavy atom. The van der Waals surface area contributed by atoms with E-state index in [9.17, 15) is 4.79 Å². The number of rotatable bonds is 4. The van der Waals surface area contributed by atoms with Crippen LogP contribution in [0.25, 0.3) is 22.0 Å². The van der Waals surface area contributed by atoms with Gasteiger partial charge in [-0.2, -0.15) is 5.10 Å². The van der Waals surface area contributed by atoms with Crippen LogP contribution in [0.3, 0.4) is 0 Å². The maximum Gasteiger partial charge on any atom is 0.275 e. The summed E-state index contributed by atoms with van der Waals surface area (Å²) in [5.74, 6) is -0.281. The number of aromatic nitrogens is 4. The highest BCUT2D eigenvalue weighted by molar-refractivity contribution is 7.13. The van der Waals surface area contributed by atoms with Crippen molar-refractivity contribution in [1.29, 1.82) is 0 Å².